The number of hydrogen-bond donors (Lipinski definition) is 1. The van der Waals surface area contributed by atoms with Crippen molar-refractivity contribution in [1.29, 1.82) is 0 Å². The molecule has 0 aliphatic rings. The fraction of sp³-hybridized carbons (Fsp3) is 0.667. The minimum absolute atomic E-state index is 0.0892. The highest BCUT2D eigenvalue weighted by Crippen LogP contribution is 2.35. The smallest absolute Gasteiger partial charge is 0.119 e. The van der Waals surface area contributed by atoms with Crippen molar-refractivity contribution in [1.82, 2.24) is 10.2 Å². The maximum absolute atomic E-state index is 5.40. The second kappa shape index (κ2) is 8.40. The first-order valence-corrected chi connectivity index (χ1v) is 8.19. The maximum Gasteiger partial charge on any atom is 0.119 e. The van der Waals surface area contributed by atoms with E-state index in [1.165, 1.54) is 5.56 Å². The molecule has 3 heteroatoms. The Morgan fingerprint density at radius 2 is 1.86 bits per heavy atom. The summed E-state index contributed by atoms with van der Waals surface area (Å²) in [6.07, 6.45) is 1.10. The number of hydrogen-bond acceptors (Lipinski definition) is 3. The van der Waals surface area contributed by atoms with Crippen LogP contribution in [0.25, 0.3) is 0 Å². The Hall–Kier alpha value is -1.06. The first kappa shape index (κ1) is 18.0. The average Bonchev–Trinajstić information content (AvgIpc) is 2.53. The highest BCUT2D eigenvalue weighted by atomic mass is 16.5. The Kier molecular flexibility index (Phi) is 7.20. The summed E-state index contributed by atoms with van der Waals surface area (Å²) < 4.78 is 5.40. The summed E-state index contributed by atoms with van der Waals surface area (Å²) in [6.45, 7) is 14.4. The minimum Gasteiger partial charge on any atom is -0.497 e. The molecule has 1 aromatic rings. The highest BCUT2D eigenvalue weighted by Gasteiger charge is 2.37. The molecule has 0 aliphatic carbocycles. The van der Waals surface area contributed by atoms with E-state index in [9.17, 15) is 0 Å². The van der Waals surface area contributed by atoms with Crippen molar-refractivity contribution in [3.8, 4) is 5.75 Å². The zero-order valence-corrected chi connectivity index (χ0v) is 14.6. The number of likely N-dealkylation sites (N-methyl/N-ethyl adjacent to an activating group) is 2. The lowest BCUT2D eigenvalue weighted by molar-refractivity contribution is 0.0704. The van der Waals surface area contributed by atoms with Gasteiger partial charge in [0.2, 0.25) is 0 Å². The molecular weight excluding hydrogens is 260 g/mol. The molecule has 1 aromatic carbocycles. The van der Waals surface area contributed by atoms with Crippen LogP contribution in [0.2, 0.25) is 0 Å². The number of methoxy groups -OCH3 is 1. The van der Waals surface area contributed by atoms with Crippen molar-refractivity contribution in [2.24, 2.45) is 0 Å². The molecule has 2 atom stereocenters. The predicted molar refractivity (Wildman–Crippen MR) is 91.0 cm³/mol. The number of benzene rings is 1. The van der Waals surface area contributed by atoms with Crippen LogP contribution >= 0.6 is 0 Å². The Balaban J connectivity index is 3.24. The van der Waals surface area contributed by atoms with Crippen molar-refractivity contribution in [3.63, 3.8) is 0 Å². The van der Waals surface area contributed by atoms with Gasteiger partial charge in [0.15, 0.2) is 0 Å². The van der Waals surface area contributed by atoms with Gasteiger partial charge in [0.1, 0.15) is 5.75 Å². The van der Waals surface area contributed by atoms with Crippen molar-refractivity contribution >= 4 is 0 Å². The normalized spacial score (nSPS) is 15.8. The van der Waals surface area contributed by atoms with Gasteiger partial charge in [-0.25, -0.2) is 0 Å². The monoisotopic (exact) mass is 292 g/mol. The van der Waals surface area contributed by atoms with E-state index in [4.69, 9.17) is 4.74 Å². The van der Waals surface area contributed by atoms with Crippen LogP contribution in [0.3, 0.4) is 0 Å². The molecule has 3 nitrogen and oxygen atoms in total. The molecule has 0 amide bonds. The van der Waals surface area contributed by atoms with Gasteiger partial charge in [0.25, 0.3) is 0 Å². The molecule has 0 spiro atoms. The van der Waals surface area contributed by atoms with E-state index in [0.29, 0.717) is 6.04 Å². The van der Waals surface area contributed by atoms with Crippen molar-refractivity contribution in [2.45, 2.75) is 52.6 Å². The molecule has 1 N–H and O–H groups in total. The van der Waals surface area contributed by atoms with Crippen LogP contribution in [0.1, 0.15) is 52.6 Å². The quantitative estimate of drug-likeness (QED) is 0.748. The summed E-state index contributed by atoms with van der Waals surface area (Å²) in [6, 6.07) is 8.74. The third-order valence-electron chi connectivity index (χ3n) is 4.66. The zero-order chi connectivity index (χ0) is 15.9. The van der Waals surface area contributed by atoms with E-state index in [1.807, 2.05) is 6.07 Å². The van der Waals surface area contributed by atoms with Crippen LogP contribution < -0.4 is 10.1 Å². The largest absolute Gasteiger partial charge is 0.497 e. The summed E-state index contributed by atoms with van der Waals surface area (Å²) in [5.41, 5.74) is 1.39. The Labute approximate surface area is 130 Å². The Morgan fingerprint density at radius 3 is 2.33 bits per heavy atom. The van der Waals surface area contributed by atoms with Gasteiger partial charge in [0, 0.05) is 5.54 Å². The topological polar surface area (TPSA) is 24.5 Å². The van der Waals surface area contributed by atoms with E-state index in [0.717, 1.165) is 31.8 Å². The third-order valence-corrected chi connectivity index (χ3v) is 4.66. The SMILES string of the molecule is CCNC(c1cccc(OC)c1)C(C)(CC)N(CC)CC. The highest BCUT2D eigenvalue weighted by molar-refractivity contribution is 5.32. The minimum atomic E-state index is 0.0892. The Morgan fingerprint density at radius 1 is 1.19 bits per heavy atom. The molecule has 0 aromatic heterocycles. The van der Waals surface area contributed by atoms with Gasteiger partial charge in [-0.2, -0.15) is 0 Å². The molecule has 0 bridgehead atoms. The first-order valence-electron chi connectivity index (χ1n) is 8.19. The lowest BCUT2D eigenvalue weighted by atomic mass is 9.82. The molecule has 0 aliphatic heterocycles. The van der Waals surface area contributed by atoms with Gasteiger partial charge in [-0.05, 0) is 50.7 Å². The standard InChI is InChI=1S/C18H32N2O/c1-7-18(5,20(9-3)10-4)17(19-8-2)15-12-11-13-16(14-15)21-6/h11-14,17,19H,7-10H2,1-6H3. The van der Waals surface area contributed by atoms with Gasteiger partial charge in [-0.1, -0.05) is 39.8 Å². The number of nitrogens with zero attached hydrogens (tertiary/aromatic N) is 1. The second-order valence-electron chi connectivity index (χ2n) is 5.65. The lowest BCUT2D eigenvalue weighted by Gasteiger charge is -2.46. The molecule has 0 radical (unpaired) electrons. The molecule has 0 saturated heterocycles. The van der Waals surface area contributed by atoms with Crippen LogP contribution in [0, 0.1) is 0 Å². The van der Waals surface area contributed by atoms with Crippen LogP contribution in [0.4, 0.5) is 0 Å². The number of ether oxygens (including phenoxy) is 1. The van der Waals surface area contributed by atoms with Crippen LogP contribution in [0.15, 0.2) is 24.3 Å². The first-order chi connectivity index (χ1) is 10.1. The Bertz CT molecular complexity index is 417. The summed E-state index contributed by atoms with van der Waals surface area (Å²) in [5, 5.41) is 3.69. The number of rotatable bonds is 9. The lowest BCUT2D eigenvalue weighted by Crippen LogP contribution is -2.54. The fourth-order valence-corrected chi connectivity index (χ4v) is 3.28. The van der Waals surface area contributed by atoms with Crippen molar-refractivity contribution < 1.29 is 4.74 Å². The maximum atomic E-state index is 5.40. The average molecular weight is 292 g/mol. The van der Waals surface area contributed by atoms with Gasteiger partial charge in [-0.3, -0.25) is 4.90 Å². The van der Waals surface area contributed by atoms with Gasteiger partial charge in [-0.15, -0.1) is 0 Å². The van der Waals surface area contributed by atoms with Crippen molar-refractivity contribution in [2.75, 3.05) is 26.7 Å². The van der Waals surface area contributed by atoms with Crippen LogP contribution in [-0.4, -0.2) is 37.2 Å². The molecule has 0 heterocycles. The van der Waals surface area contributed by atoms with Crippen LogP contribution in [0.5, 0.6) is 5.75 Å². The molecule has 21 heavy (non-hydrogen) atoms. The molecule has 1 rings (SSSR count). The van der Waals surface area contributed by atoms with E-state index < -0.39 is 0 Å². The molecule has 2 unspecified atom stereocenters. The molecular formula is C18H32N2O. The zero-order valence-electron chi connectivity index (χ0n) is 14.6. The van der Waals surface area contributed by atoms with Gasteiger partial charge in [0.05, 0.1) is 13.2 Å². The molecule has 0 fully saturated rings. The fourth-order valence-electron chi connectivity index (χ4n) is 3.28. The summed E-state index contributed by atoms with van der Waals surface area (Å²) in [7, 11) is 1.73. The van der Waals surface area contributed by atoms with Crippen molar-refractivity contribution in [3.05, 3.63) is 29.8 Å². The summed E-state index contributed by atoms with van der Waals surface area (Å²) >= 11 is 0. The molecule has 120 valence electrons. The predicted octanol–water partition coefficient (Wildman–Crippen LogP) is 3.86. The van der Waals surface area contributed by atoms with Crippen LogP contribution in [-0.2, 0) is 0 Å². The second-order valence-corrected chi connectivity index (χ2v) is 5.65. The van der Waals surface area contributed by atoms with Gasteiger partial charge >= 0.3 is 0 Å². The van der Waals surface area contributed by atoms with E-state index in [1.54, 1.807) is 7.11 Å². The van der Waals surface area contributed by atoms with E-state index in [2.05, 4.69) is 63.0 Å². The molecule has 0 saturated carbocycles. The summed E-state index contributed by atoms with van der Waals surface area (Å²) in [4.78, 5) is 2.56. The van der Waals surface area contributed by atoms with E-state index in [-0.39, 0.29) is 5.54 Å². The summed E-state index contributed by atoms with van der Waals surface area (Å²) in [5.74, 6) is 0.924. The number of nitrogens with one attached hydrogen (secondary N) is 1. The third kappa shape index (κ3) is 3.98. The van der Waals surface area contributed by atoms with Gasteiger partial charge < -0.3 is 10.1 Å². The van der Waals surface area contributed by atoms with E-state index >= 15 is 0 Å².